The predicted molar refractivity (Wildman–Crippen MR) is 84.9 cm³/mol. The van der Waals surface area contributed by atoms with Crippen LogP contribution in [0.4, 0.5) is 0 Å². The van der Waals surface area contributed by atoms with Crippen LogP contribution in [0.1, 0.15) is 12.8 Å². The molecule has 1 aromatic carbocycles. The minimum atomic E-state index is -1.45. The van der Waals surface area contributed by atoms with Gasteiger partial charge < -0.3 is 19.7 Å². The number of rotatable bonds is 6. The second-order valence-electron chi connectivity index (χ2n) is 5.83. The SMILES string of the molecule is CN(C)C1CCN(CCOc2cccc(B(O)O)c2)CC1. The summed E-state index contributed by atoms with van der Waals surface area (Å²) in [5.41, 5.74) is 0.458. The smallest absolute Gasteiger partial charge is 0.488 e. The number of ether oxygens (including phenoxy) is 1. The van der Waals surface area contributed by atoms with Crippen LogP contribution in [0, 0.1) is 0 Å². The van der Waals surface area contributed by atoms with Crippen molar-refractivity contribution in [2.45, 2.75) is 18.9 Å². The number of likely N-dealkylation sites (tertiary alicyclic amines) is 1. The van der Waals surface area contributed by atoms with E-state index in [9.17, 15) is 0 Å². The minimum absolute atomic E-state index is 0.458. The van der Waals surface area contributed by atoms with Crippen molar-refractivity contribution in [1.29, 1.82) is 0 Å². The summed E-state index contributed by atoms with van der Waals surface area (Å²) in [6.45, 7) is 3.76. The summed E-state index contributed by atoms with van der Waals surface area (Å²) in [4.78, 5) is 4.73. The highest BCUT2D eigenvalue weighted by Crippen LogP contribution is 2.14. The van der Waals surface area contributed by atoms with E-state index < -0.39 is 7.12 Å². The first-order valence-corrected chi connectivity index (χ1v) is 7.54. The van der Waals surface area contributed by atoms with Gasteiger partial charge in [0.1, 0.15) is 12.4 Å². The van der Waals surface area contributed by atoms with Crippen LogP contribution in [0.2, 0.25) is 0 Å². The van der Waals surface area contributed by atoms with E-state index in [0.29, 0.717) is 23.9 Å². The molecule has 21 heavy (non-hydrogen) atoms. The van der Waals surface area contributed by atoms with E-state index in [2.05, 4.69) is 23.9 Å². The highest BCUT2D eigenvalue weighted by Gasteiger charge is 2.20. The molecule has 1 fully saturated rings. The normalized spacial score (nSPS) is 17.2. The van der Waals surface area contributed by atoms with E-state index >= 15 is 0 Å². The van der Waals surface area contributed by atoms with E-state index in [1.165, 1.54) is 12.8 Å². The molecule has 0 saturated carbocycles. The van der Waals surface area contributed by atoms with Gasteiger partial charge in [-0.25, -0.2) is 0 Å². The number of nitrogens with zero attached hydrogens (tertiary/aromatic N) is 2. The first kappa shape index (κ1) is 16.3. The Bertz CT molecular complexity index is 435. The topological polar surface area (TPSA) is 56.2 Å². The van der Waals surface area contributed by atoms with Crippen molar-refractivity contribution in [3.05, 3.63) is 24.3 Å². The van der Waals surface area contributed by atoms with Crippen molar-refractivity contribution >= 4 is 12.6 Å². The number of piperidine rings is 1. The van der Waals surface area contributed by atoms with Gasteiger partial charge >= 0.3 is 7.12 Å². The fourth-order valence-corrected chi connectivity index (χ4v) is 2.72. The molecule has 0 spiro atoms. The third-order valence-electron chi connectivity index (χ3n) is 4.12. The fourth-order valence-electron chi connectivity index (χ4n) is 2.72. The van der Waals surface area contributed by atoms with Gasteiger partial charge in [-0.2, -0.15) is 0 Å². The zero-order chi connectivity index (χ0) is 15.2. The molecule has 116 valence electrons. The molecule has 0 amide bonds. The lowest BCUT2D eigenvalue weighted by Gasteiger charge is -2.35. The lowest BCUT2D eigenvalue weighted by Crippen LogP contribution is -2.43. The molecule has 1 aromatic rings. The van der Waals surface area contributed by atoms with Gasteiger partial charge in [0, 0.05) is 12.6 Å². The van der Waals surface area contributed by atoms with Crippen molar-refractivity contribution in [3.8, 4) is 5.75 Å². The quantitative estimate of drug-likeness (QED) is 0.710. The Balaban J connectivity index is 1.71. The molecule has 0 aliphatic carbocycles. The van der Waals surface area contributed by atoms with E-state index in [4.69, 9.17) is 14.8 Å². The summed E-state index contributed by atoms with van der Waals surface area (Å²) in [7, 11) is 2.84. The van der Waals surface area contributed by atoms with Crippen molar-refractivity contribution in [2.24, 2.45) is 0 Å². The van der Waals surface area contributed by atoms with Crippen molar-refractivity contribution in [3.63, 3.8) is 0 Å². The van der Waals surface area contributed by atoms with Crippen LogP contribution in [0.25, 0.3) is 0 Å². The maximum atomic E-state index is 9.13. The average Bonchev–Trinajstić information content (AvgIpc) is 2.48. The molecule has 1 aliphatic rings. The first-order valence-electron chi connectivity index (χ1n) is 7.54. The highest BCUT2D eigenvalue weighted by molar-refractivity contribution is 6.58. The van der Waals surface area contributed by atoms with Crippen LogP contribution in [0.3, 0.4) is 0 Å². The molecule has 6 heteroatoms. The lowest BCUT2D eigenvalue weighted by atomic mass is 9.80. The largest absolute Gasteiger partial charge is 0.492 e. The molecule has 0 atom stereocenters. The molecule has 1 heterocycles. The summed E-state index contributed by atoms with van der Waals surface area (Å²) in [5, 5.41) is 18.3. The van der Waals surface area contributed by atoms with Crippen LogP contribution < -0.4 is 10.2 Å². The van der Waals surface area contributed by atoms with Gasteiger partial charge in [0.2, 0.25) is 0 Å². The summed E-state index contributed by atoms with van der Waals surface area (Å²) in [5.74, 6) is 0.684. The van der Waals surface area contributed by atoms with Crippen LogP contribution in [0.15, 0.2) is 24.3 Å². The van der Waals surface area contributed by atoms with Gasteiger partial charge in [-0.3, -0.25) is 4.90 Å². The molecular weight excluding hydrogens is 267 g/mol. The van der Waals surface area contributed by atoms with Gasteiger partial charge in [0.15, 0.2) is 0 Å². The van der Waals surface area contributed by atoms with Crippen LogP contribution >= 0.6 is 0 Å². The van der Waals surface area contributed by atoms with E-state index in [0.717, 1.165) is 19.6 Å². The minimum Gasteiger partial charge on any atom is -0.492 e. The lowest BCUT2D eigenvalue weighted by molar-refractivity contribution is 0.128. The maximum absolute atomic E-state index is 9.13. The Kier molecular flexibility index (Phi) is 6.05. The molecule has 0 unspecified atom stereocenters. The highest BCUT2D eigenvalue weighted by atomic mass is 16.5. The van der Waals surface area contributed by atoms with E-state index in [1.54, 1.807) is 18.2 Å². The van der Waals surface area contributed by atoms with Gasteiger partial charge in [-0.1, -0.05) is 12.1 Å². The Morgan fingerprint density at radius 1 is 1.29 bits per heavy atom. The molecular formula is C15H25BN2O3. The molecule has 0 bridgehead atoms. The molecule has 2 N–H and O–H groups in total. The van der Waals surface area contributed by atoms with Crippen LogP contribution in [-0.4, -0.2) is 73.3 Å². The first-order chi connectivity index (χ1) is 10.1. The van der Waals surface area contributed by atoms with Crippen LogP contribution in [0.5, 0.6) is 5.75 Å². The molecule has 2 rings (SSSR count). The number of benzene rings is 1. The molecule has 0 radical (unpaired) electrons. The van der Waals surface area contributed by atoms with Crippen molar-refractivity contribution in [1.82, 2.24) is 9.80 Å². The maximum Gasteiger partial charge on any atom is 0.488 e. The summed E-state index contributed by atoms with van der Waals surface area (Å²) < 4.78 is 5.70. The number of hydrogen-bond acceptors (Lipinski definition) is 5. The second-order valence-corrected chi connectivity index (χ2v) is 5.83. The average molecular weight is 292 g/mol. The summed E-state index contributed by atoms with van der Waals surface area (Å²) >= 11 is 0. The second kappa shape index (κ2) is 7.80. The Hall–Kier alpha value is -1.08. The molecule has 1 saturated heterocycles. The zero-order valence-corrected chi connectivity index (χ0v) is 12.9. The van der Waals surface area contributed by atoms with Crippen LogP contribution in [-0.2, 0) is 0 Å². The third kappa shape index (κ3) is 5.00. The van der Waals surface area contributed by atoms with E-state index in [-0.39, 0.29) is 0 Å². The van der Waals surface area contributed by atoms with Crippen molar-refractivity contribution < 1.29 is 14.8 Å². The fraction of sp³-hybridized carbons (Fsp3) is 0.600. The zero-order valence-electron chi connectivity index (χ0n) is 12.9. The molecule has 5 nitrogen and oxygen atoms in total. The van der Waals surface area contributed by atoms with Gasteiger partial charge in [0.05, 0.1) is 0 Å². The molecule has 1 aliphatic heterocycles. The Labute approximate surface area is 127 Å². The number of hydrogen-bond donors (Lipinski definition) is 2. The standard InChI is InChI=1S/C15H25BN2O3/c1-17(2)14-6-8-18(9-7-14)10-11-21-15-5-3-4-13(12-15)16(19)20/h3-5,12,14,19-20H,6-11H2,1-2H3. The predicted octanol–water partition coefficient (Wildman–Crippen LogP) is -0.229. The van der Waals surface area contributed by atoms with E-state index in [1.807, 2.05) is 6.07 Å². The molecule has 0 aromatic heterocycles. The Morgan fingerprint density at radius 2 is 2.00 bits per heavy atom. The van der Waals surface area contributed by atoms with Gasteiger partial charge in [-0.05, 0) is 57.6 Å². The summed E-state index contributed by atoms with van der Waals surface area (Å²) in [6, 6.07) is 7.65. The third-order valence-corrected chi connectivity index (χ3v) is 4.12. The van der Waals surface area contributed by atoms with Gasteiger partial charge in [-0.15, -0.1) is 0 Å². The Morgan fingerprint density at radius 3 is 2.62 bits per heavy atom. The van der Waals surface area contributed by atoms with Crippen molar-refractivity contribution in [2.75, 3.05) is 40.3 Å². The summed E-state index contributed by atoms with van der Waals surface area (Å²) in [6.07, 6.45) is 2.42. The van der Waals surface area contributed by atoms with Gasteiger partial charge in [0.25, 0.3) is 0 Å². The monoisotopic (exact) mass is 292 g/mol.